The number of carbonyl (C=O) groups excluding carboxylic acids is 1. The van der Waals surface area contributed by atoms with Crippen molar-refractivity contribution < 1.29 is 13.2 Å². The highest BCUT2D eigenvalue weighted by atomic mass is 32.2. The van der Waals surface area contributed by atoms with Gasteiger partial charge in [0.2, 0.25) is 10.0 Å². The molecule has 0 saturated heterocycles. The zero-order valence-corrected chi connectivity index (χ0v) is 16.4. The Hall–Kier alpha value is -2.95. The molecule has 142 valence electrons. The molecule has 3 aromatic heterocycles. The number of aromatic nitrogens is 4. The smallest absolute Gasteiger partial charge is 0.240 e. The van der Waals surface area contributed by atoms with Crippen LogP contribution in [0.25, 0.3) is 16.2 Å². The van der Waals surface area contributed by atoms with E-state index < -0.39 is 10.0 Å². The van der Waals surface area contributed by atoms with E-state index in [1.807, 2.05) is 23.6 Å². The molecule has 0 bridgehead atoms. The van der Waals surface area contributed by atoms with Gasteiger partial charge in [0.15, 0.2) is 17.3 Å². The second-order valence-electron chi connectivity index (χ2n) is 5.99. The SMILES string of the molecule is CC(=O)c1cccc(S(=O)(=O)NCc2nnc3ccc(-c4cccs4)nn23)c1. The maximum absolute atomic E-state index is 12.6. The van der Waals surface area contributed by atoms with E-state index in [0.29, 0.717) is 17.0 Å². The van der Waals surface area contributed by atoms with Crippen LogP contribution in [0.3, 0.4) is 0 Å². The summed E-state index contributed by atoms with van der Waals surface area (Å²) < 4.78 is 29.2. The molecule has 0 aliphatic rings. The Labute approximate surface area is 164 Å². The zero-order chi connectivity index (χ0) is 19.7. The van der Waals surface area contributed by atoms with Crippen molar-refractivity contribution >= 4 is 32.8 Å². The van der Waals surface area contributed by atoms with E-state index in [0.717, 1.165) is 10.6 Å². The molecule has 1 aromatic carbocycles. The Morgan fingerprint density at radius 2 is 2.00 bits per heavy atom. The lowest BCUT2D eigenvalue weighted by atomic mass is 10.2. The summed E-state index contributed by atoms with van der Waals surface area (Å²) in [5.41, 5.74) is 1.60. The standard InChI is InChI=1S/C18H15N5O3S2/c1-12(24)13-4-2-5-14(10-13)28(25,26)19-11-18-21-20-17-8-7-15(22-23(17)18)16-6-3-9-27-16/h2-10,19H,11H2,1H3. The summed E-state index contributed by atoms with van der Waals surface area (Å²) in [6, 6.07) is 13.4. The van der Waals surface area contributed by atoms with E-state index in [9.17, 15) is 13.2 Å². The maximum atomic E-state index is 12.6. The van der Waals surface area contributed by atoms with Crippen LogP contribution < -0.4 is 4.72 Å². The Kier molecular flexibility index (Phi) is 4.75. The van der Waals surface area contributed by atoms with Crippen LogP contribution >= 0.6 is 11.3 Å². The van der Waals surface area contributed by atoms with Crippen molar-refractivity contribution in [3.05, 3.63) is 65.3 Å². The number of hydrogen-bond acceptors (Lipinski definition) is 7. The lowest BCUT2D eigenvalue weighted by Crippen LogP contribution is -2.24. The van der Waals surface area contributed by atoms with Gasteiger partial charge < -0.3 is 0 Å². The average molecular weight is 413 g/mol. The third-order valence-electron chi connectivity index (χ3n) is 4.07. The van der Waals surface area contributed by atoms with E-state index >= 15 is 0 Å². The predicted octanol–water partition coefficient (Wildman–Crippen LogP) is 2.53. The summed E-state index contributed by atoms with van der Waals surface area (Å²) in [6.45, 7) is 1.30. The van der Waals surface area contributed by atoms with E-state index in [-0.39, 0.29) is 17.2 Å². The lowest BCUT2D eigenvalue weighted by molar-refractivity contribution is 0.101. The van der Waals surface area contributed by atoms with Gasteiger partial charge in [-0.15, -0.1) is 21.5 Å². The van der Waals surface area contributed by atoms with Crippen molar-refractivity contribution in [1.82, 2.24) is 24.5 Å². The van der Waals surface area contributed by atoms with Gasteiger partial charge in [-0.3, -0.25) is 4.79 Å². The van der Waals surface area contributed by atoms with Crippen LogP contribution in [0, 0.1) is 0 Å². The second-order valence-corrected chi connectivity index (χ2v) is 8.71. The number of nitrogens with one attached hydrogen (secondary N) is 1. The zero-order valence-electron chi connectivity index (χ0n) is 14.7. The molecule has 8 nitrogen and oxygen atoms in total. The third kappa shape index (κ3) is 3.57. The van der Waals surface area contributed by atoms with E-state index in [2.05, 4.69) is 20.0 Å². The van der Waals surface area contributed by atoms with Crippen LogP contribution in [-0.2, 0) is 16.6 Å². The number of hydrogen-bond donors (Lipinski definition) is 1. The van der Waals surface area contributed by atoms with Gasteiger partial charge in [0.25, 0.3) is 0 Å². The molecule has 0 saturated carbocycles. The molecule has 28 heavy (non-hydrogen) atoms. The Morgan fingerprint density at radius 3 is 2.75 bits per heavy atom. The van der Waals surface area contributed by atoms with Crippen LogP contribution in [0.15, 0.2) is 58.8 Å². The summed E-state index contributed by atoms with van der Waals surface area (Å²) >= 11 is 1.56. The van der Waals surface area contributed by atoms with E-state index in [1.54, 1.807) is 23.5 Å². The van der Waals surface area contributed by atoms with Gasteiger partial charge in [-0.25, -0.2) is 13.1 Å². The van der Waals surface area contributed by atoms with E-state index in [4.69, 9.17) is 0 Å². The van der Waals surface area contributed by atoms with Crippen LogP contribution in [0.1, 0.15) is 23.1 Å². The van der Waals surface area contributed by atoms with Crippen LogP contribution in [-0.4, -0.2) is 34.0 Å². The van der Waals surface area contributed by atoms with E-state index in [1.165, 1.54) is 29.6 Å². The fraction of sp³-hybridized carbons (Fsp3) is 0.111. The monoisotopic (exact) mass is 413 g/mol. The number of fused-ring (bicyclic) bond motifs is 1. The summed E-state index contributed by atoms with van der Waals surface area (Å²) in [6.07, 6.45) is 0. The minimum atomic E-state index is -3.82. The van der Waals surface area contributed by atoms with Gasteiger partial charge in [0.1, 0.15) is 5.69 Å². The number of nitrogens with zero attached hydrogens (tertiary/aromatic N) is 4. The minimum Gasteiger partial charge on any atom is -0.295 e. The van der Waals surface area contributed by atoms with Gasteiger partial charge >= 0.3 is 0 Å². The molecule has 10 heteroatoms. The normalized spacial score (nSPS) is 11.8. The molecule has 4 rings (SSSR count). The van der Waals surface area contributed by atoms with Gasteiger partial charge in [-0.2, -0.15) is 9.61 Å². The maximum Gasteiger partial charge on any atom is 0.240 e. The molecule has 0 aliphatic carbocycles. The fourth-order valence-electron chi connectivity index (χ4n) is 2.62. The first-order valence-electron chi connectivity index (χ1n) is 8.30. The average Bonchev–Trinajstić information content (AvgIpc) is 3.36. The molecule has 0 atom stereocenters. The first-order chi connectivity index (χ1) is 13.4. The molecule has 0 radical (unpaired) electrons. The third-order valence-corrected chi connectivity index (χ3v) is 6.36. The summed E-state index contributed by atoms with van der Waals surface area (Å²) in [5.74, 6) is 0.158. The number of ketones is 1. The topological polar surface area (TPSA) is 106 Å². The van der Waals surface area contributed by atoms with Crippen molar-refractivity contribution in [1.29, 1.82) is 0 Å². The molecular formula is C18H15N5O3S2. The summed E-state index contributed by atoms with van der Waals surface area (Å²) in [4.78, 5) is 12.5. The molecular weight excluding hydrogens is 398 g/mol. The van der Waals surface area contributed by atoms with Crippen molar-refractivity contribution in [3.8, 4) is 10.6 Å². The molecule has 0 spiro atoms. The molecule has 3 heterocycles. The highest BCUT2D eigenvalue weighted by Gasteiger charge is 2.17. The number of Topliss-reactive ketones (excluding diaryl/α,β-unsaturated/α-hetero) is 1. The van der Waals surface area contributed by atoms with Crippen LogP contribution in [0.5, 0.6) is 0 Å². The molecule has 0 aliphatic heterocycles. The molecule has 0 fully saturated rings. The number of carbonyl (C=O) groups is 1. The van der Waals surface area contributed by atoms with Crippen molar-refractivity contribution in [2.24, 2.45) is 0 Å². The summed E-state index contributed by atoms with van der Waals surface area (Å²) in [5, 5.41) is 14.5. The number of thiophene rings is 1. The highest BCUT2D eigenvalue weighted by Crippen LogP contribution is 2.22. The largest absolute Gasteiger partial charge is 0.295 e. The number of sulfonamides is 1. The fourth-order valence-corrected chi connectivity index (χ4v) is 4.34. The molecule has 4 aromatic rings. The first kappa shape index (κ1) is 18.4. The minimum absolute atomic E-state index is 0.0151. The molecule has 1 N–H and O–H groups in total. The van der Waals surface area contributed by atoms with Gasteiger partial charge in [-0.05, 0) is 42.6 Å². The van der Waals surface area contributed by atoms with Crippen LogP contribution in [0.2, 0.25) is 0 Å². The second kappa shape index (κ2) is 7.23. The highest BCUT2D eigenvalue weighted by molar-refractivity contribution is 7.89. The number of benzene rings is 1. The Bertz CT molecular complexity index is 1260. The van der Waals surface area contributed by atoms with Crippen molar-refractivity contribution in [3.63, 3.8) is 0 Å². The Balaban J connectivity index is 1.61. The predicted molar refractivity (Wildman–Crippen MR) is 105 cm³/mol. The lowest BCUT2D eigenvalue weighted by Gasteiger charge is -2.07. The molecule has 0 amide bonds. The quantitative estimate of drug-likeness (QED) is 0.487. The first-order valence-corrected chi connectivity index (χ1v) is 10.7. The van der Waals surface area contributed by atoms with Crippen molar-refractivity contribution in [2.75, 3.05) is 0 Å². The summed E-state index contributed by atoms with van der Waals surface area (Å²) in [7, 11) is -3.82. The number of rotatable bonds is 6. The van der Waals surface area contributed by atoms with Gasteiger partial charge in [0, 0.05) is 5.56 Å². The van der Waals surface area contributed by atoms with Gasteiger partial charge in [0.05, 0.1) is 16.3 Å². The molecule has 0 unspecified atom stereocenters. The van der Waals surface area contributed by atoms with Crippen molar-refractivity contribution in [2.45, 2.75) is 18.4 Å². The van der Waals surface area contributed by atoms with Crippen LogP contribution in [0.4, 0.5) is 0 Å². The Morgan fingerprint density at radius 1 is 1.14 bits per heavy atom. The van der Waals surface area contributed by atoms with Gasteiger partial charge in [-0.1, -0.05) is 18.2 Å².